The van der Waals surface area contributed by atoms with Gasteiger partial charge in [-0.1, -0.05) is 12.8 Å². The number of nitrogens with one attached hydrogen (secondary N) is 1. The van der Waals surface area contributed by atoms with Crippen LogP contribution in [-0.2, 0) is 7.05 Å². The molecule has 6 nitrogen and oxygen atoms in total. The van der Waals surface area contributed by atoms with Gasteiger partial charge in [-0.05, 0) is 26.7 Å². The standard InChI is InChI=1S/C14H22N6/c1-10-8-20(12-6-4-5-7-12)14(16-10)17-11(2)13-18-15-9-19(13)3/h8-9,11-12H,4-7H2,1-3H3,(H,16,17). The first-order chi connectivity index (χ1) is 9.65. The van der Waals surface area contributed by atoms with Gasteiger partial charge in [-0.3, -0.25) is 0 Å². The lowest BCUT2D eigenvalue weighted by molar-refractivity contribution is 0.519. The second-order valence-electron chi connectivity index (χ2n) is 5.72. The minimum atomic E-state index is 0.0875. The normalized spacial score (nSPS) is 17.6. The number of hydrogen-bond donors (Lipinski definition) is 1. The van der Waals surface area contributed by atoms with Crippen LogP contribution in [-0.4, -0.2) is 24.3 Å². The summed E-state index contributed by atoms with van der Waals surface area (Å²) in [5.74, 6) is 1.87. The van der Waals surface area contributed by atoms with E-state index < -0.39 is 0 Å². The van der Waals surface area contributed by atoms with Crippen LogP contribution in [0.15, 0.2) is 12.5 Å². The van der Waals surface area contributed by atoms with Crippen LogP contribution in [0.25, 0.3) is 0 Å². The molecule has 0 amide bonds. The highest BCUT2D eigenvalue weighted by Crippen LogP contribution is 2.32. The molecule has 1 fully saturated rings. The van der Waals surface area contributed by atoms with Crippen LogP contribution < -0.4 is 5.32 Å². The van der Waals surface area contributed by atoms with E-state index in [9.17, 15) is 0 Å². The second kappa shape index (κ2) is 5.26. The highest BCUT2D eigenvalue weighted by Gasteiger charge is 2.22. The fourth-order valence-corrected chi connectivity index (χ4v) is 3.03. The monoisotopic (exact) mass is 274 g/mol. The van der Waals surface area contributed by atoms with E-state index in [0.717, 1.165) is 17.5 Å². The Morgan fingerprint density at radius 3 is 2.75 bits per heavy atom. The maximum Gasteiger partial charge on any atom is 0.203 e. The zero-order chi connectivity index (χ0) is 14.1. The Morgan fingerprint density at radius 2 is 2.10 bits per heavy atom. The zero-order valence-electron chi connectivity index (χ0n) is 12.4. The molecule has 0 bridgehead atoms. The quantitative estimate of drug-likeness (QED) is 0.931. The van der Waals surface area contributed by atoms with Crippen molar-refractivity contribution < 1.29 is 0 Å². The van der Waals surface area contributed by atoms with Crippen LogP contribution in [0.3, 0.4) is 0 Å². The van der Waals surface area contributed by atoms with Gasteiger partial charge in [0.1, 0.15) is 6.33 Å². The molecule has 1 saturated carbocycles. The number of rotatable bonds is 4. The fourth-order valence-electron chi connectivity index (χ4n) is 3.03. The lowest BCUT2D eigenvalue weighted by atomic mass is 10.2. The van der Waals surface area contributed by atoms with E-state index in [2.05, 4.69) is 38.2 Å². The summed E-state index contributed by atoms with van der Waals surface area (Å²) in [5, 5.41) is 11.6. The SMILES string of the molecule is Cc1cn(C2CCCC2)c(NC(C)c2nncn2C)n1. The molecule has 6 heteroatoms. The average Bonchev–Trinajstić information content (AvgIpc) is 3.09. The van der Waals surface area contributed by atoms with Crippen molar-refractivity contribution >= 4 is 5.95 Å². The molecule has 3 rings (SSSR count). The van der Waals surface area contributed by atoms with Crippen LogP contribution in [0.2, 0.25) is 0 Å². The molecule has 0 radical (unpaired) electrons. The Balaban J connectivity index is 1.81. The number of aryl methyl sites for hydroxylation is 2. The van der Waals surface area contributed by atoms with E-state index in [0.29, 0.717) is 6.04 Å². The largest absolute Gasteiger partial charge is 0.346 e. The number of aromatic nitrogens is 5. The summed E-state index contributed by atoms with van der Waals surface area (Å²) in [5.41, 5.74) is 1.06. The highest BCUT2D eigenvalue weighted by molar-refractivity contribution is 5.32. The summed E-state index contributed by atoms with van der Waals surface area (Å²) in [4.78, 5) is 4.63. The van der Waals surface area contributed by atoms with Crippen LogP contribution in [0.4, 0.5) is 5.95 Å². The molecule has 0 spiro atoms. The van der Waals surface area contributed by atoms with Crippen molar-refractivity contribution in [1.82, 2.24) is 24.3 Å². The summed E-state index contributed by atoms with van der Waals surface area (Å²) in [7, 11) is 1.96. The highest BCUT2D eigenvalue weighted by atomic mass is 15.3. The summed E-state index contributed by atoms with van der Waals surface area (Å²) < 4.78 is 4.24. The molecule has 1 aliphatic rings. The maximum absolute atomic E-state index is 4.63. The number of anilines is 1. The predicted octanol–water partition coefficient (Wildman–Crippen LogP) is 2.61. The first-order valence-electron chi connectivity index (χ1n) is 7.31. The molecule has 0 saturated heterocycles. The summed E-state index contributed by atoms with van der Waals surface area (Å²) in [6.45, 7) is 4.14. The summed E-state index contributed by atoms with van der Waals surface area (Å²) >= 11 is 0. The molecule has 2 aromatic heterocycles. The van der Waals surface area contributed by atoms with Gasteiger partial charge in [0, 0.05) is 19.3 Å². The molecule has 2 aromatic rings. The van der Waals surface area contributed by atoms with Crippen LogP contribution in [0.5, 0.6) is 0 Å². The van der Waals surface area contributed by atoms with Gasteiger partial charge in [-0.25, -0.2) is 4.98 Å². The van der Waals surface area contributed by atoms with Crippen molar-refractivity contribution in [3.63, 3.8) is 0 Å². The molecular formula is C14H22N6. The summed E-state index contributed by atoms with van der Waals surface area (Å²) in [6, 6.07) is 0.676. The van der Waals surface area contributed by atoms with Gasteiger partial charge >= 0.3 is 0 Å². The Labute approximate surface area is 119 Å². The number of nitrogens with zero attached hydrogens (tertiary/aromatic N) is 5. The first kappa shape index (κ1) is 13.1. The van der Waals surface area contributed by atoms with Crippen LogP contribution in [0.1, 0.15) is 56.2 Å². The van der Waals surface area contributed by atoms with Crippen molar-refractivity contribution in [2.75, 3.05) is 5.32 Å². The minimum Gasteiger partial charge on any atom is -0.346 e. The number of hydrogen-bond acceptors (Lipinski definition) is 4. The molecule has 0 aromatic carbocycles. The van der Waals surface area contributed by atoms with Gasteiger partial charge in [0.15, 0.2) is 5.82 Å². The van der Waals surface area contributed by atoms with E-state index in [1.807, 2.05) is 18.5 Å². The van der Waals surface area contributed by atoms with Crippen molar-refractivity contribution in [1.29, 1.82) is 0 Å². The molecule has 1 unspecified atom stereocenters. The van der Waals surface area contributed by atoms with Crippen LogP contribution >= 0.6 is 0 Å². The van der Waals surface area contributed by atoms with Gasteiger partial charge in [-0.15, -0.1) is 10.2 Å². The lowest BCUT2D eigenvalue weighted by Crippen LogP contribution is -2.16. The molecule has 0 aliphatic heterocycles. The molecule has 1 N–H and O–H groups in total. The third-order valence-corrected chi connectivity index (χ3v) is 4.05. The van der Waals surface area contributed by atoms with Gasteiger partial charge < -0.3 is 14.5 Å². The second-order valence-corrected chi connectivity index (χ2v) is 5.72. The van der Waals surface area contributed by atoms with E-state index in [1.54, 1.807) is 6.33 Å². The molecule has 20 heavy (non-hydrogen) atoms. The van der Waals surface area contributed by atoms with Gasteiger partial charge in [0.05, 0.1) is 11.7 Å². The third-order valence-electron chi connectivity index (χ3n) is 4.05. The maximum atomic E-state index is 4.63. The molecule has 2 heterocycles. The van der Waals surface area contributed by atoms with Crippen molar-refractivity contribution in [3.05, 3.63) is 24.0 Å². The van der Waals surface area contributed by atoms with Crippen molar-refractivity contribution in [2.45, 2.75) is 51.6 Å². The molecule has 1 atom stereocenters. The zero-order valence-corrected chi connectivity index (χ0v) is 12.4. The number of imidazole rings is 1. The van der Waals surface area contributed by atoms with Crippen molar-refractivity contribution in [2.24, 2.45) is 7.05 Å². The van der Waals surface area contributed by atoms with E-state index in [4.69, 9.17) is 0 Å². The molecule has 108 valence electrons. The van der Waals surface area contributed by atoms with E-state index in [1.165, 1.54) is 25.7 Å². The first-order valence-corrected chi connectivity index (χ1v) is 7.31. The fraction of sp³-hybridized carbons (Fsp3) is 0.643. The Kier molecular flexibility index (Phi) is 3.46. The van der Waals surface area contributed by atoms with Crippen LogP contribution in [0, 0.1) is 6.92 Å². The van der Waals surface area contributed by atoms with E-state index in [-0.39, 0.29) is 6.04 Å². The predicted molar refractivity (Wildman–Crippen MR) is 77.5 cm³/mol. The summed E-state index contributed by atoms with van der Waals surface area (Å²) in [6.07, 6.45) is 9.02. The topological polar surface area (TPSA) is 60.6 Å². The Morgan fingerprint density at radius 1 is 1.35 bits per heavy atom. The smallest absolute Gasteiger partial charge is 0.203 e. The van der Waals surface area contributed by atoms with Gasteiger partial charge in [-0.2, -0.15) is 0 Å². The third kappa shape index (κ3) is 2.42. The van der Waals surface area contributed by atoms with Gasteiger partial charge in [0.2, 0.25) is 5.95 Å². The van der Waals surface area contributed by atoms with E-state index >= 15 is 0 Å². The minimum absolute atomic E-state index is 0.0875. The molecular weight excluding hydrogens is 252 g/mol. The average molecular weight is 274 g/mol. The lowest BCUT2D eigenvalue weighted by Gasteiger charge is -2.18. The Hall–Kier alpha value is -1.85. The van der Waals surface area contributed by atoms with Gasteiger partial charge in [0.25, 0.3) is 0 Å². The molecule has 1 aliphatic carbocycles. The Bertz CT molecular complexity index is 578. The van der Waals surface area contributed by atoms with Crippen molar-refractivity contribution in [3.8, 4) is 0 Å².